The molecule has 0 bridgehead atoms. The van der Waals surface area contributed by atoms with Crippen molar-refractivity contribution in [2.24, 2.45) is 0 Å². The van der Waals surface area contributed by atoms with Crippen molar-refractivity contribution in [2.75, 3.05) is 17.7 Å². The molecule has 0 atom stereocenters. The molecule has 0 spiro atoms. The number of halogens is 1. The van der Waals surface area contributed by atoms with Crippen LogP contribution in [0.3, 0.4) is 0 Å². The van der Waals surface area contributed by atoms with Gasteiger partial charge in [-0.2, -0.15) is 10.2 Å². The molecule has 3 aromatic carbocycles. The zero-order chi connectivity index (χ0) is 20.9. The molecule has 0 unspecified atom stereocenters. The van der Waals surface area contributed by atoms with Crippen LogP contribution in [0.5, 0.6) is 5.75 Å². The van der Waals surface area contributed by atoms with Gasteiger partial charge in [0.2, 0.25) is 5.95 Å². The maximum Gasteiger partial charge on any atom is 0.222 e. The van der Waals surface area contributed by atoms with E-state index in [1.54, 1.807) is 0 Å². The van der Waals surface area contributed by atoms with Crippen molar-refractivity contribution >= 4 is 44.3 Å². The highest BCUT2D eigenvalue weighted by Gasteiger charge is 2.11. The third-order valence-electron chi connectivity index (χ3n) is 4.47. The molecule has 148 valence electrons. The number of fused-ring (bicyclic) bond motifs is 1. The Morgan fingerprint density at radius 1 is 1.03 bits per heavy atom. The average molecular weight is 460 g/mol. The van der Waals surface area contributed by atoms with E-state index in [-0.39, 0.29) is 5.95 Å². The highest BCUT2D eigenvalue weighted by Crippen LogP contribution is 2.34. The minimum atomic E-state index is 0.202. The lowest BCUT2D eigenvalue weighted by molar-refractivity contribution is 0.328. The summed E-state index contributed by atoms with van der Waals surface area (Å²) in [5.74, 6) is 1.55. The highest BCUT2D eigenvalue weighted by molar-refractivity contribution is 9.10. The topological polar surface area (TPSA) is 96.8 Å². The summed E-state index contributed by atoms with van der Waals surface area (Å²) in [6.45, 7) is 0.344. The molecule has 0 aliphatic carbocycles. The molecule has 1 aromatic heterocycles. The predicted octanol–water partition coefficient (Wildman–Crippen LogP) is 5.68. The van der Waals surface area contributed by atoms with Gasteiger partial charge < -0.3 is 15.8 Å². The lowest BCUT2D eigenvalue weighted by atomic mass is 10.0. The first kappa shape index (κ1) is 19.7. The quantitative estimate of drug-likeness (QED) is 0.360. The molecule has 0 aliphatic heterocycles. The molecule has 7 heteroatoms. The van der Waals surface area contributed by atoms with Crippen LogP contribution < -0.4 is 15.8 Å². The van der Waals surface area contributed by atoms with Crippen LogP contribution in [0.1, 0.15) is 6.42 Å². The largest absolute Gasteiger partial charge is 0.492 e. The van der Waals surface area contributed by atoms with Crippen LogP contribution in [0.2, 0.25) is 0 Å². The standard InChI is InChI=1S/C23H18BrN5O/c24-16-5-3-6-17(14-16)27-22-19-13-15(9-10-20(19)28-23(26)29-22)18-7-1-2-8-21(18)30-12-4-11-25/h1-3,5-10,13-14H,4,12H2,(H3,26,27,28,29). The second-order valence-electron chi connectivity index (χ2n) is 6.55. The van der Waals surface area contributed by atoms with Gasteiger partial charge in [0.25, 0.3) is 0 Å². The van der Waals surface area contributed by atoms with Crippen molar-refractivity contribution in [3.8, 4) is 22.9 Å². The molecule has 3 N–H and O–H groups in total. The number of benzene rings is 3. The van der Waals surface area contributed by atoms with Gasteiger partial charge in [0, 0.05) is 21.1 Å². The first-order valence-corrected chi connectivity index (χ1v) is 10.1. The lowest BCUT2D eigenvalue weighted by Gasteiger charge is -2.13. The zero-order valence-electron chi connectivity index (χ0n) is 16.0. The molecular formula is C23H18BrN5O. The van der Waals surface area contributed by atoms with E-state index < -0.39 is 0 Å². The van der Waals surface area contributed by atoms with E-state index in [9.17, 15) is 0 Å². The number of nitrogens with two attached hydrogens (primary N) is 1. The molecule has 0 saturated carbocycles. The second-order valence-corrected chi connectivity index (χ2v) is 7.47. The molecule has 0 fully saturated rings. The summed E-state index contributed by atoms with van der Waals surface area (Å²) in [5, 5.41) is 13.0. The minimum absolute atomic E-state index is 0.202. The van der Waals surface area contributed by atoms with Crippen LogP contribution in [0.25, 0.3) is 22.0 Å². The van der Waals surface area contributed by atoms with Gasteiger partial charge in [-0.25, -0.2) is 4.98 Å². The van der Waals surface area contributed by atoms with E-state index in [0.29, 0.717) is 18.8 Å². The van der Waals surface area contributed by atoms with Gasteiger partial charge in [-0.05, 0) is 42.0 Å². The van der Waals surface area contributed by atoms with Crippen molar-refractivity contribution in [2.45, 2.75) is 6.42 Å². The number of anilines is 3. The van der Waals surface area contributed by atoms with Crippen molar-refractivity contribution in [1.82, 2.24) is 9.97 Å². The van der Waals surface area contributed by atoms with E-state index in [0.717, 1.165) is 37.9 Å². The number of hydrogen-bond donors (Lipinski definition) is 2. The summed E-state index contributed by atoms with van der Waals surface area (Å²) >= 11 is 3.48. The molecule has 0 saturated heterocycles. The normalized spacial score (nSPS) is 10.5. The van der Waals surface area contributed by atoms with Crippen molar-refractivity contribution in [3.05, 3.63) is 71.2 Å². The van der Waals surface area contributed by atoms with Gasteiger partial charge in [-0.1, -0.05) is 46.3 Å². The smallest absolute Gasteiger partial charge is 0.222 e. The fraction of sp³-hybridized carbons (Fsp3) is 0.0870. The molecule has 0 amide bonds. The number of nitriles is 1. The van der Waals surface area contributed by atoms with Crippen LogP contribution in [0, 0.1) is 11.3 Å². The predicted molar refractivity (Wildman–Crippen MR) is 123 cm³/mol. The Morgan fingerprint density at radius 3 is 2.73 bits per heavy atom. The number of nitrogen functional groups attached to an aromatic ring is 1. The summed E-state index contributed by atoms with van der Waals surface area (Å²) in [4.78, 5) is 8.78. The summed E-state index contributed by atoms with van der Waals surface area (Å²) in [6.07, 6.45) is 0.333. The number of rotatable bonds is 6. The average Bonchev–Trinajstić information content (AvgIpc) is 2.74. The lowest BCUT2D eigenvalue weighted by Crippen LogP contribution is -2.02. The van der Waals surface area contributed by atoms with Gasteiger partial charge in [0.1, 0.15) is 18.2 Å². The number of aromatic nitrogens is 2. The van der Waals surface area contributed by atoms with Crippen LogP contribution in [0.15, 0.2) is 71.2 Å². The Morgan fingerprint density at radius 2 is 1.90 bits per heavy atom. The van der Waals surface area contributed by atoms with Gasteiger partial charge in [0.15, 0.2) is 0 Å². The SMILES string of the molecule is N#CCCOc1ccccc1-c1ccc2nc(N)nc(Nc3cccc(Br)c3)c2c1. The number of hydrogen-bond acceptors (Lipinski definition) is 6. The summed E-state index contributed by atoms with van der Waals surface area (Å²) in [5.41, 5.74) is 9.45. The first-order valence-electron chi connectivity index (χ1n) is 9.33. The third-order valence-corrected chi connectivity index (χ3v) is 4.96. The van der Waals surface area contributed by atoms with Gasteiger partial charge in [-0.15, -0.1) is 0 Å². The Hall–Kier alpha value is -3.63. The number of nitrogens with one attached hydrogen (secondary N) is 1. The summed E-state index contributed by atoms with van der Waals surface area (Å²) in [6, 6.07) is 23.6. The summed E-state index contributed by atoms with van der Waals surface area (Å²) < 4.78 is 6.77. The van der Waals surface area contributed by atoms with Crippen molar-refractivity contribution < 1.29 is 4.74 Å². The number of para-hydroxylation sites is 1. The van der Waals surface area contributed by atoms with Crippen LogP contribution in [-0.2, 0) is 0 Å². The maximum atomic E-state index is 8.78. The molecule has 6 nitrogen and oxygen atoms in total. The molecule has 4 aromatic rings. The molecule has 4 rings (SSSR count). The molecule has 1 heterocycles. The third kappa shape index (κ3) is 4.34. The monoisotopic (exact) mass is 459 g/mol. The zero-order valence-corrected chi connectivity index (χ0v) is 17.6. The molecule has 30 heavy (non-hydrogen) atoms. The second kappa shape index (κ2) is 8.80. The first-order chi connectivity index (χ1) is 14.6. The fourth-order valence-electron chi connectivity index (χ4n) is 3.15. The van der Waals surface area contributed by atoms with E-state index in [4.69, 9.17) is 15.7 Å². The van der Waals surface area contributed by atoms with Gasteiger partial charge >= 0.3 is 0 Å². The Labute approximate surface area is 182 Å². The highest BCUT2D eigenvalue weighted by atomic mass is 79.9. The number of nitrogens with zero attached hydrogens (tertiary/aromatic N) is 3. The van der Waals surface area contributed by atoms with E-state index >= 15 is 0 Å². The Bertz CT molecular complexity index is 1250. The Kier molecular flexibility index (Phi) is 5.77. The van der Waals surface area contributed by atoms with Crippen molar-refractivity contribution in [3.63, 3.8) is 0 Å². The molecule has 0 aliphatic rings. The van der Waals surface area contributed by atoms with E-state index in [1.165, 1.54) is 0 Å². The van der Waals surface area contributed by atoms with Gasteiger partial charge in [0.05, 0.1) is 18.0 Å². The Balaban J connectivity index is 1.77. The van der Waals surface area contributed by atoms with Crippen molar-refractivity contribution in [1.29, 1.82) is 5.26 Å². The molecular weight excluding hydrogens is 442 g/mol. The minimum Gasteiger partial charge on any atom is -0.492 e. The maximum absolute atomic E-state index is 8.78. The summed E-state index contributed by atoms with van der Waals surface area (Å²) in [7, 11) is 0. The van der Waals surface area contributed by atoms with E-state index in [1.807, 2.05) is 66.7 Å². The van der Waals surface area contributed by atoms with Gasteiger partial charge in [-0.3, -0.25) is 0 Å². The van der Waals surface area contributed by atoms with Crippen LogP contribution >= 0.6 is 15.9 Å². The van der Waals surface area contributed by atoms with Crippen LogP contribution in [-0.4, -0.2) is 16.6 Å². The van der Waals surface area contributed by atoms with Crippen LogP contribution in [0.4, 0.5) is 17.5 Å². The van der Waals surface area contributed by atoms with E-state index in [2.05, 4.69) is 37.3 Å². The fourth-order valence-corrected chi connectivity index (χ4v) is 3.55. The molecule has 0 radical (unpaired) electrons. The number of ether oxygens (including phenoxy) is 1.